The third kappa shape index (κ3) is 2.97. The Labute approximate surface area is 102 Å². The molecule has 0 radical (unpaired) electrons. The van der Waals surface area contributed by atoms with Crippen LogP contribution in [0.2, 0.25) is 0 Å². The molecule has 2 aliphatic rings. The van der Waals surface area contributed by atoms with Crippen LogP contribution in [0.15, 0.2) is 0 Å². The summed E-state index contributed by atoms with van der Waals surface area (Å²) in [5, 5.41) is 0. The first-order chi connectivity index (χ1) is 8.18. The molecule has 0 aliphatic carbocycles. The highest BCUT2D eigenvalue weighted by Gasteiger charge is 2.29. The van der Waals surface area contributed by atoms with Crippen LogP contribution in [-0.2, 0) is 14.3 Å². The molecule has 0 N–H and O–H groups in total. The molecule has 0 spiro atoms. The van der Waals surface area contributed by atoms with Gasteiger partial charge in [-0.3, -0.25) is 14.5 Å². The van der Waals surface area contributed by atoms with Crippen LogP contribution in [-0.4, -0.2) is 61.0 Å². The Kier molecular flexibility index (Phi) is 3.99. The largest absolute Gasteiger partial charge is 0.463 e. The van der Waals surface area contributed by atoms with Crippen molar-refractivity contribution < 1.29 is 14.3 Å². The standard InChI is InChI=1S/C12H20N2O3/c1-13-6-2-4-10(13)12(16)17-9-8-14-7-3-5-11(14)15/h10H,2-9H2,1H3/t10-/m0/s1. The Morgan fingerprint density at radius 3 is 2.82 bits per heavy atom. The topological polar surface area (TPSA) is 49.9 Å². The maximum Gasteiger partial charge on any atom is 0.323 e. The molecule has 2 heterocycles. The Morgan fingerprint density at radius 1 is 1.41 bits per heavy atom. The number of rotatable bonds is 4. The maximum absolute atomic E-state index is 11.7. The fourth-order valence-corrected chi connectivity index (χ4v) is 2.50. The van der Waals surface area contributed by atoms with Crippen molar-refractivity contribution in [3.05, 3.63) is 0 Å². The van der Waals surface area contributed by atoms with Crippen LogP contribution < -0.4 is 0 Å². The highest BCUT2D eigenvalue weighted by molar-refractivity contribution is 5.78. The molecule has 2 rings (SSSR count). The van der Waals surface area contributed by atoms with Gasteiger partial charge in [0.2, 0.25) is 5.91 Å². The molecule has 1 amide bonds. The minimum absolute atomic E-state index is 0.0794. The predicted octanol–water partition coefficient (Wildman–Crippen LogP) is 0.246. The highest BCUT2D eigenvalue weighted by Crippen LogP contribution is 2.16. The third-order valence-corrected chi connectivity index (χ3v) is 3.57. The van der Waals surface area contributed by atoms with Crippen molar-refractivity contribution in [1.82, 2.24) is 9.80 Å². The van der Waals surface area contributed by atoms with Gasteiger partial charge in [-0.15, -0.1) is 0 Å². The summed E-state index contributed by atoms with van der Waals surface area (Å²) in [7, 11) is 1.95. The van der Waals surface area contributed by atoms with Crippen LogP contribution in [0.5, 0.6) is 0 Å². The number of ether oxygens (including phenoxy) is 1. The predicted molar refractivity (Wildman–Crippen MR) is 62.4 cm³/mol. The zero-order valence-corrected chi connectivity index (χ0v) is 10.4. The summed E-state index contributed by atoms with van der Waals surface area (Å²) in [6, 6.07) is -0.0794. The lowest BCUT2D eigenvalue weighted by Gasteiger charge is -2.19. The molecular weight excluding hydrogens is 220 g/mol. The van der Waals surface area contributed by atoms with E-state index in [-0.39, 0.29) is 17.9 Å². The van der Waals surface area contributed by atoms with Gasteiger partial charge < -0.3 is 9.64 Å². The minimum atomic E-state index is -0.142. The fraction of sp³-hybridized carbons (Fsp3) is 0.833. The van der Waals surface area contributed by atoms with Gasteiger partial charge in [-0.1, -0.05) is 0 Å². The molecule has 0 aromatic carbocycles. The van der Waals surface area contributed by atoms with E-state index in [1.54, 1.807) is 4.90 Å². The quantitative estimate of drug-likeness (QED) is 0.661. The zero-order chi connectivity index (χ0) is 12.3. The Balaban J connectivity index is 1.68. The van der Waals surface area contributed by atoms with E-state index in [4.69, 9.17) is 4.74 Å². The van der Waals surface area contributed by atoms with E-state index in [0.717, 1.165) is 32.4 Å². The summed E-state index contributed by atoms with van der Waals surface area (Å²) in [6.45, 7) is 2.64. The summed E-state index contributed by atoms with van der Waals surface area (Å²) in [5.74, 6) is 0.0377. The van der Waals surface area contributed by atoms with Crippen LogP contribution in [0.25, 0.3) is 0 Å². The zero-order valence-electron chi connectivity index (χ0n) is 10.4. The lowest BCUT2D eigenvalue weighted by molar-refractivity contribution is -0.149. The number of hydrogen-bond acceptors (Lipinski definition) is 4. The highest BCUT2D eigenvalue weighted by atomic mass is 16.5. The van der Waals surface area contributed by atoms with Gasteiger partial charge >= 0.3 is 5.97 Å². The molecule has 2 fully saturated rings. The van der Waals surface area contributed by atoms with E-state index >= 15 is 0 Å². The van der Waals surface area contributed by atoms with Gasteiger partial charge in [0, 0.05) is 13.0 Å². The molecule has 0 aromatic rings. The van der Waals surface area contributed by atoms with E-state index in [0.29, 0.717) is 19.6 Å². The van der Waals surface area contributed by atoms with Crippen LogP contribution in [0.1, 0.15) is 25.7 Å². The first-order valence-corrected chi connectivity index (χ1v) is 6.33. The molecule has 17 heavy (non-hydrogen) atoms. The van der Waals surface area contributed by atoms with Gasteiger partial charge in [-0.05, 0) is 32.9 Å². The maximum atomic E-state index is 11.7. The number of amides is 1. The van der Waals surface area contributed by atoms with E-state index in [1.807, 2.05) is 11.9 Å². The molecule has 1 atom stereocenters. The molecule has 5 heteroatoms. The summed E-state index contributed by atoms with van der Waals surface area (Å²) >= 11 is 0. The smallest absolute Gasteiger partial charge is 0.323 e. The molecule has 0 bridgehead atoms. The molecule has 0 unspecified atom stereocenters. The van der Waals surface area contributed by atoms with Crippen molar-refractivity contribution in [2.75, 3.05) is 33.3 Å². The third-order valence-electron chi connectivity index (χ3n) is 3.57. The monoisotopic (exact) mass is 240 g/mol. The van der Waals surface area contributed by atoms with E-state index < -0.39 is 0 Å². The van der Waals surface area contributed by atoms with Crippen LogP contribution in [0.4, 0.5) is 0 Å². The van der Waals surface area contributed by atoms with Gasteiger partial charge in [0.1, 0.15) is 12.6 Å². The SMILES string of the molecule is CN1CCC[C@H]1C(=O)OCCN1CCCC1=O. The average Bonchev–Trinajstić information content (AvgIpc) is 2.88. The van der Waals surface area contributed by atoms with Crippen LogP contribution in [0, 0.1) is 0 Å². The Hall–Kier alpha value is -1.10. The molecule has 0 aromatic heterocycles. The van der Waals surface area contributed by atoms with Crippen molar-refractivity contribution >= 4 is 11.9 Å². The lowest BCUT2D eigenvalue weighted by Crippen LogP contribution is -2.36. The van der Waals surface area contributed by atoms with Crippen LogP contribution in [0.3, 0.4) is 0 Å². The number of carbonyl (C=O) groups is 2. The van der Waals surface area contributed by atoms with Crippen molar-refractivity contribution in [2.24, 2.45) is 0 Å². The summed E-state index contributed by atoms with van der Waals surface area (Å²) in [4.78, 5) is 26.9. The number of esters is 1. The lowest BCUT2D eigenvalue weighted by atomic mass is 10.2. The Morgan fingerprint density at radius 2 is 2.24 bits per heavy atom. The van der Waals surface area contributed by atoms with Crippen molar-refractivity contribution in [1.29, 1.82) is 0 Å². The van der Waals surface area contributed by atoms with Gasteiger partial charge in [-0.25, -0.2) is 0 Å². The molecule has 2 aliphatic heterocycles. The minimum Gasteiger partial charge on any atom is -0.463 e. The van der Waals surface area contributed by atoms with Crippen LogP contribution >= 0.6 is 0 Å². The summed E-state index contributed by atoms with van der Waals surface area (Å²) < 4.78 is 5.23. The fourth-order valence-electron chi connectivity index (χ4n) is 2.50. The second-order valence-corrected chi connectivity index (χ2v) is 4.79. The van der Waals surface area contributed by atoms with E-state index in [2.05, 4.69) is 0 Å². The number of hydrogen-bond donors (Lipinski definition) is 0. The second-order valence-electron chi connectivity index (χ2n) is 4.79. The molecule has 96 valence electrons. The van der Waals surface area contributed by atoms with Gasteiger partial charge in [0.25, 0.3) is 0 Å². The van der Waals surface area contributed by atoms with Gasteiger partial charge in [0.05, 0.1) is 6.54 Å². The van der Waals surface area contributed by atoms with E-state index in [1.165, 1.54) is 0 Å². The molecular formula is C12H20N2O3. The first kappa shape index (κ1) is 12.4. The molecule has 2 saturated heterocycles. The van der Waals surface area contributed by atoms with Crippen molar-refractivity contribution in [2.45, 2.75) is 31.7 Å². The number of carbonyl (C=O) groups excluding carboxylic acids is 2. The van der Waals surface area contributed by atoms with Crippen molar-refractivity contribution in [3.8, 4) is 0 Å². The molecule has 0 saturated carbocycles. The number of likely N-dealkylation sites (N-methyl/N-ethyl adjacent to an activating group) is 1. The second kappa shape index (κ2) is 5.49. The number of nitrogens with zero attached hydrogens (tertiary/aromatic N) is 2. The summed E-state index contributed by atoms with van der Waals surface area (Å²) in [6.07, 6.45) is 3.51. The van der Waals surface area contributed by atoms with E-state index in [9.17, 15) is 9.59 Å². The Bertz CT molecular complexity index is 306. The summed E-state index contributed by atoms with van der Waals surface area (Å²) in [5.41, 5.74) is 0. The van der Waals surface area contributed by atoms with Gasteiger partial charge in [0.15, 0.2) is 0 Å². The van der Waals surface area contributed by atoms with Crippen molar-refractivity contribution in [3.63, 3.8) is 0 Å². The molecule has 5 nitrogen and oxygen atoms in total. The first-order valence-electron chi connectivity index (χ1n) is 6.33. The average molecular weight is 240 g/mol. The van der Waals surface area contributed by atoms with Gasteiger partial charge in [-0.2, -0.15) is 0 Å². The number of likely N-dealkylation sites (tertiary alicyclic amines) is 2. The normalized spacial score (nSPS) is 25.6.